The molecule has 1 aliphatic rings. The number of pyridine rings is 1. The molecule has 1 aromatic heterocycles. The molecule has 1 fully saturated rings. The van der Waals surface area contributed by atoms with Crippen LogP contribution in [0.1, 0.15) is 18.1 Å². The summed E-state index contributed by atoms with van der Waals surface area (Å²) in [5, 5.41) is 5.43. The predicted molar refractivity (Wildman–Crippen MR) is 104 cm³/mol. The first-order valence-corrected chi connectivity index (χ1v) is 9.33. The third kappa shape index (κ3) is 5.40. The van der Waals surface area contributed by atoms with E-state index in [-0.39, 0.29) is 18.4 Å². The summed E-state index contributed by atoms with van der Waals surface area (Å²) in [6, 6.07) is 10.0. The molecule has 3 rings (SSSR count). The van der Waals surface area contributed by atoms with E-state index in [0.717, 1.165) is 44.1 Å². The highest BCUT2D eigenvalue weighted by atomic mass is 19.1. The molecule has 0 saturated carbocycles. The number of hydrogen-bond donors (Lipinski definition) is 2. The van der Waals surface area contributed by atoms with Gasteiger partial charge in [0.25, 0.3) is 0 Å². The summed E-state index contributed by atoms with van der Waals surface area (Å²) in [6.45, 7) is 7.88. The molecule has 0 unspecified atom stereocenters. The number of benzene rings is 1. The van der Waals surface area contributed by atoms with Gasteiger partial charge in [-0.15, -0.1) is 0 Å². The van der Waals surface area contributed by atoms with Gasteiger partial charge in [-0.1, -0.05) is 31.2 Å². The average molecular weight is 371 g/mol. The molecule has 2 aromatic rings. The van der Waals surface area contributed by atoms with Crippen LogP contribution in [0.2, 0.25) is 0 Å². The maximum absolute atomic E-state index is 13.5. The Bertz CT molecular complexity index is 744. The summed E-state index contributed by atoms with van der Waals surface area (Å²) in [7, 11) is 0. The van der Waals surface area contributed by atoms with Crippen LogP contribution in [0.4, 0.5) is 15.0 Å². The smallest absolute Gasteiger partial charge is 0.315 e. The number of carbonyl (C=O) groups is 1. The highest BCUT2D eigenvalue weighted by molar-refractivity contribution is 5.73. The van der Waals surface area contributed by atoms with Gasteiger partial charge < -0.3 is 20.4 Å². The van der Waals surface area contributed by atoms with Gasteiger partial charge in [-0.25, -0.2) is 14.2 Å². The summed E-state index contributed by atoms with van der Waals surface area (Å²) in [5.41, 5.74) is 1.38. The lowest BCUT2D eigenvalue weighted by atomic mass is 10.2. The Morgan fingerprint density at radius 2 is 1.81 bits per heavy atom. The highest BCUT2D eigenvalue weighted by Gasteiger charge is 2.16. The lowest BCUT2D eigenvalue weighted by Crippen LogP contribution is -2.46. The third-order valence-electron chi connectivity index (χ3n) is 4.80. The third-order valence-corrected chi connectivity index (χ3v) is 4.80. The number of urea groups is 1. The van der Waals surface area contributed by atoms with Gasteiger partial charge >= 0.3 is 6.03 Å². The lowest BCUT2D eigenvalue weighted by molar-refractivity contribution is 0.240. The van der Waals surface area contributed by atoms with Crippen LogP contribution < -0.4 is 15.5 Å². The second-order valence-corrected chi connectivity index (χ2v) is 6.57. The number of likely N-dealkylation sites (N-methyl/N-ethyl adjacent to an activating group) is 1. The average Bonchev–Trinajstić information content (AvgIpc) is 2.72. The summed E-state index contributed by atoms with van der Waals surface area (Å²) >= 11 is 0. The normalized spacial score (nSPS) is 14.8. The van der Waals surface area contributed by atoms with E-state index in [0.29, 0.717) is 12.1 Å². The van der Waals surface area contributed by atoms with E-state index in [1.54, 1.807) is 24.4 Å². The minimum atomic E-state index is -0.335. The second-order valence-electron chi connectivity index (χ2n) is 6.57. The van der Waals surface area contributed by atoms with Crippen molar-refractivity contribution in [1.82, 2.24) is 20.5 Å². The van der Waals surface area contributed by atoms with Gasteiger partial charge in [-0.2, -0.15) is 0 Å². The molecular formula is C20H26FN5O. The number of carbonyl (C=O) groups excluding carboxylic acids is 1. The minimum Gasteiger partial charge on any atom is -0.354 e. The van der Waals surface area contributed by atoms with Crippen molar-refractivity contribution in [1.29, 1.82) is 0 Å². The number of piperazine rings is 1. The number of anilines is 1. The fourth-order valence-corrected chi connectivity index (χ4v) is 3.06. The first-order valence-electron chi connectivity index (χ1n) is 9.33. The second kappa shape index (κ2) is 9.32. The van der Waals surface area contributed by atoms with Crippen LogP contribution >= 0.6 is 0 Å². The Morgan fingerprint density at radius 3 is 2.48 bits per heavy atom. The fraction of sp³-hybridized carbons (Fsp3) is 0.400. The maximum atomic E-state index is 13.5. The van der Waals surface area contributed by atoms with Gasteiger partial charge in [0, 0.05) is 51.0 Å². The van der Waals surface area contributed by atoms with Gasteiger partial charge in [-0.05, 0) is 24.2 Å². The molecule has 0 spiro atoms. The maximum Gasteiger partial charge on any atom is 0.315 e. The molecule has 1 aromatic carbocycles. The van der Waals surface area contributed by atoms with Crippen molar-refractivity contribution >= 4 is 11.8 Å². The van der Waals surface area contributed by atoms with Crippen LogP contribution in [0.3, 0.4) is 0 Å². The molecule has 144 valence electrons. The van der Waals surface area contributed by atoms with Gasteiger partial charge in [0.05, 0.1) is 0 Å². The van der Waals surface area contributed by atoms with E-state index in [1.807, 2.05) is 12.1 Å². The van der Waals surface area contributed by atoms with E-state index in [9.17, 15) is 9.18 Å². The van der Waals surface area contributed by atoms with Gasteiger partial charge in [0.1, 0.15) is 11.6 Å². The minimum absolute atomic E-state index is 0.152. The number of amides is 2. The Kier molecular flexibility index (Phi) is 6.59. The van der Waals surface area contributed by atoms with E-state index >= 15 is 0 Å². The van der Waals surface area contributed by atoms with Crippen molar-refractivity contribution in [2.45, 2.75) is 20.0 Å². The number of hydrogen-bond acceptors (Lipinski definition) is 4. The van der Waals surface area contributed by atoms with Crippen LogP contribution in [0.5, 0.6) is 0 Å². The van der Waals surface area contributed by atoms with Crippen LogP contribution in [0, 0.1) is 5.82 Å². The van der Waals surface area contributed by atoms with Crippen LogP contribution in [-0.2, 0) is 13.1 Å². The topological polar surface area (TPSA) is 60.5 Å². The zero-order valence-electron chi connectivity index (χ0n) is 15.6. The molecule has 27 heavy (non-hydrogen) atoms. The van der Waals surface area contributed by atoms with Crippen LogP contribution in [0.15, 0.2) is 42.6 Å². The van der Waals surface area contributed by atoms with Gasteiger partial charge in [0.15, 0.2) is 0 Å². The summed E-state index contributed by atoms with van der Waals surface area (Å²) in [6.07, 6.45) is 1.79. The van der Waals surface area contributed by atoms with Crippen molar-refractivity contribution in [2.24, 2.45) is 0 Å². The first-order chi connectivity index (χ1) is 13.2. The van der Waals surface area contributed by atoms with Crippen LogP contribution in [0.25, 0.3) is 0 Å². The number of aromatic nitrogens is 1. The van der Waals surface area contributed by atoms with Gasteiger partial charge in [-0.3, -0.25) is 0 Å². The van der Waals surface area contributed by atoms with Crippen molar-refractivity contribution in [3.63, 3.8) is 0 Å². The molecular weight excluding hydrogens is 345 g/mol. The molecule has 1 aliphatic heterocycles. The zero-order chi connectivity index (χ0) is 19.1. The largest absolute Gasteiger partial charge is 0.354 e. The molecule has 1 saturated heterocycles. The lowest BCUT2D eigenvalue weighted by Gasteiger charge is -2.34. The van der Waals surface area contributed by atoms with Crippen molar-refractivity contribution in [2.75, 3.05) is 37.6 Å². The molecule has 0 bridgehead atoms. The predicted octanol–water partition coefficient (Wildman–Crippen LogP) is 2.36. The summed E-state index contributed by atoms with van der Waals surface area (Å²) in [4.78, 5) is 21.1. The Hall–Kier alpha value is -2.67. The fourth-order valence-electron chi connectivity index (χ4n) is 3.06. The Labute approximate surface area is 159 Å². The Balaban J connectivity index is 1.43. The molecule has 2 heterocycles. The molecule has 0 atom stereocenters. The standard InChI is InChI=1S/C20H26FN5O/c1-2-25-9-11-26(12-10-25)19-8-7-16(13-22-19)14-23-20(27)24-15-17-5-3-4-6-18(17)21/h3-8,13H,2,9-12,14-15H2,1H3,(H2,23,24,27). The number of nitrogens with zero attached hydrogens (tertiary/aromatic N) is 3. The SMILES string of the molecule is CCN1CCN(c2ccc(CNC(=O)NCc3ccccc3F)cn2)CC1. The van der Waals surface area contributed by atoms with E-state index in [4.69, 9.17) is 0 Å². The highest BCUT2D eigenvalue weighted by Crippen LogP contribution is 2.14. The van der Waals surface area contributed by atoms with Gasteiger partial charge in [0.2, 0.25) is 0 Å². The number of halogens is 1. The Morgan fingerprint density at radius 1 is 1.07 bits per heavy atom. The summed E-state index contributed by atoms with van der Waals surface area (Å²) in [5.74, 6) is 0.649. The van der Waals surface area contributed by atoms with E-state index in [1.165, 1.54) is 6.07 Å². The summed E-state index contributed by atoms with van der Waals surface area (Å²) < 4.78 is 13.5. The van der Waals surface area contributed by atoms with E-state index in [2.05, 4.69) is 32.3 Å². The number of nitrogens with one attached hydrogen (secondary N) is 2. The molecule has 7 heteroatoms. The van der Waals surface area contributed by atoms with Crippen molar-refractivity contribution in [3.8, 4) is 0 Å². The van der Waals surface area contributed by atoms with Crippen LogP contribution in [-0.4, -0.2) is 48.6 Å². The van der Waals surface area contributed by atoms with Crippen molar-refractivity contribution < 1.29 is 9.18 Å². The first kappa shape index (κ1) is 19.1. The molecule has 2 N–H and O–H groups in total. The van der Waals surface area contributed by atoms with E-state index < -0.39 is 0 Å². The molecule has 6 nitrogen and oxygen atoms in total. The zero-order valence-corrected chi connectivity index (χ0v) is 15.6. The molecule has 2 amide bonds. The quantitative estimate of drug-likeness (QED) is 0.818. The van der Waals surface area contributed by atoms with Crippen molar-refractivity contribution in [3.05, 3.63) is 59.5 Å². The number of rotatable bonds is 6. The monoisotopic (exact) mass is 371 g/mol. The molecule has 0 aliphatic carbocycles. The molecule has 0 radical (unpaired) electrons.